The van der Waals surface area contributed by atoms with Crippen LogP contribution < -0.4 is 10.5 Å². The second-order valence-corrected chi connectivity index (χ2v) is 5.54. The summed E-state index contributed by atoms with van der Waals surface area (Å²) in [5.41, 5.74) is 7.34. The molecule has 19 heavy (non-hydrogen) atoms. The van der Waals surface area contributed by atoms with Crippen molar-refractivity contribution in [2.45, 2.75) is 39.3 Å². The van der Waals surface area contributed by atoms with Crippen molar-refractivity contribution in [3.8, 4) is 5.75 Å². The molecule has 2 N–H and O–H groups in total. The summed E-state index contributed by atoms with van der Waals surface area (Å²) in [4.78, 5) is 2.51. The van der Waals surface area contributed by atoms with E-state index in [1.807, 2.05) is 13.0 Å². The van der Waals surface area contributed by atoms with Gasteiger partial charge in [-0.3, -0.25) is 4.90 Å². The molecule has 1 aromatic carbocycles. The highest BCUT2D eigenvalue weighted by atomic mass is 16.5. The van der Waals surface area contributed by atoms with E-state index in [-0.39, 0.29) is 0 Å². The smallest absolute Gasteiger partial charge is 0.123 e. The summed E-state index contributed by atoms with van der Waals surface area (Å²) in [5.74, 6) is 1.65. The molecule has 2 atom stereocenters. The van der Waals surface area contributed by atoms with Crippen molar-refractivity contribution < 1.29 is 4.74 Å². The summed E-state index contributed by atoms with van der Waals surface area (Å²) in [6.07, 6.45) is 2.52. The van der Waals surface area contributed by atoms with Gasteiger partial charge in [0.05, 0.1) is 6.61 Å². The number of nitrogens with two attached hydrogens (primary N) is 1. The molecule has 2 unspecified atom stereocenters. The Labute approximate surface area is 116 Å². The van der Waals surface area contributed by atoms with E-state index in [1.165, 1.54) is 24.9 Å². The lowest BCUT2D eigenvalue weighted by Crippen LogP contribution is -2.41. The van der Waals surface area contributed by atoms with E-state index in [0.29, 0.717) is 12.0 Å². The second-order valence-electron chi connectivity index (χ2n) is 5.54. The van der Waals surface area contributed by atoms with E-state index in [4.69, 9.17) is 10.5 Å². The van der Waals surface area contributed by atoms with Gasteiger partial charge in [0.25, 0.3) is 0 Å². The zero-order valence-corrected chi connectivity index (χ0v) is 12.1. The van der Waals surface area contributed by atoms with E-state index < -0.39 is 0 Å². The van der Waals surface area contributed by atoms with Crippen LogP contribution in [0.2, 0.25) is 0 Å². The molecule has 1 aliphatic rings. The minimum atomic E-state index is 0.296. The minimum Gasteiger partial charge on any atom is -0.494 e. The van der Waals surface area contributed by atoms with Crippen LogP contribution in [0.4, 0.5) is 0 Å². The number of para-hydroxylation sites is 1. The Kier molecular flexibility index (Phi) is 5.23. The number of hydrogen-bond acceptors (Lipinski definition) is 3. The van der Waals surface area contributed by atoms with Crippen LogP contribution in [0.3, 0.4) is 0 Å². The summed E-state index contributed by atoms with van der Waals surface area (Å²) in [6, 6.07) is 8.65. The molecule has 1 aromatic rings. The molecule has 106 valence electrons. The molecule has 1 fully saturated rings. The van der Waals surface area contributed by atoms with Gasteiger partial charge in [-0.1, -0.05) is 18.2 Å². The van der Waals surface area contributed by atoms with Crippen molar-refractivity contribution in [3.05, 3.63) is 29.8 Å². The van der Waals surface area contributed by atoms with E-state index >= 15 is 0 Å². The van der Waals surface area contributed by atoms with Gasteiger partial charge in [0, 0.05) is 24.7 Å². The zero-order valence-electron chi connectivity index (χ0n) is 12.1. The first kappa shape index (κ1) is 14.4. The van der Waals surface area contributed by atoms with Crippen molar-refractivity contribution in [1.29, 1.82) is 0 Å². The summed E-state index contributed by atoms with van der Waals surface area (Å²) in [7, 11) is 0. The van der Waals surface area contributed by atoms with Crippen LogP contribution in [0.5, 0.6) is 5.75 Å². The van der Waals surface area contributed by atoms with Gasteiger partial charge in [0.15, 0.2) is 0 Å². The Morgan fingerprint density at radius 3 is 2.95 bits per heavy atom. The van der Waals surface area contributed by atoms with Gasteiger partial charge >= 0.3 is 0 Å². The molecule has 3 nitrogen and oxygen atoms in total. The highest BCUT2D eigenvalue weighted by Gasteiger charge is 2.23. The van der Waals surface area contributed by atoms with Crippen LogP contribution in [0, 0.1) is 5.92 Å². The molecule has 0 aromatic heterocycles. The first-order valence-electron chi connectivity index (χ1n) is 7.39. The Balaban J connectivity index is 2.00. The zero-order chi connectivity index (χ0) is 13.7. The molecular formula is C16H26N2O. The maximum atomic E-state index is 6.05. The van der Waals surface area contributed by atoms with Crippen molar-refractivity contribution in [3.63, 3.8) is 0 Å². The number of rotatable bonds is 5. The first-order chi connectivity index (χ1) is 9.20. The molecule has 1 heterocycles. The fraction of sp³-hybridized carbons (Fsp3) is 0.625. The van der Waals surface area contributed by atoms with Crippen molar-refractivity contribution in [1.82, 2.24) is 4.90 Å². The Morgan fingerprint density at radius 2 is 2.21 bits per heavy atom. The molecule has 0 radical (unpaired) electrons. The van der Waals surface area contributed by atoms with Gasteiger partial charge in [-0.05, 0) is 45.2 Å². The number of ether oxygens (including phenoxy) is 1. The van der Waals surface area contributed by atoms with Gasteiger partial charge in [-0.15, -0.1) is 0 Å². The molecule has 1 saturated heterocycles. The minimum absolute atomic E-state index is 0.296. The number of likely N-dealkylation sites (tertiary alicyclic amines) is 1. The summed E-state index contributed by atoms with van der Waals surface area (Å²) < 4.78 is 5.70. The maximum absolute atomic E-state index is 6.05. The second kappa shape index (κ2) is 6.92. The Hall–Kier alpha value is -1.06. The lowest BCUT2D eigenvalue weighted by atomic mass is 9.92. The van der Waals surface area contributed by atoms with Crippen LogP contribution in [-0.4, -0.2) is 30.6 Å². The van der Waals surface area contributed by atoms with Crippen LogP contribution in [-0.2, 0) is 6.54 Å². The predicted molar refractivity (Wildman–Crippen MR) is 79.3 cm³/mol. The quantitative estimate of drug-likeness (QED) is 0.886. The monoisotopic (exact) mass is 262 g/mol. The molecule has 0 aliphatic carbocycles. The maximum Gasteiger partial charge on any atom is 0.123 e. The number of hydrogen-bond donors (Lipinski definition) is 1. The van der Waals surface area contributed by atoms with Crippen LogP contribution >= 0.6 is 0 Å². The van der Waals surface area contributed by atoms with Crippen LogP contribution in [0.15, 0.2) is 24.3 Å². The fourth-order valence-corrected chi connectivity index (χ4v) is 2.84. The SMILES string of the molecule is CCOc1ccccc1CN1CCCC(C(C)N)C1. The molecule has 0 spiro atoms. The molecule has 2 rings (SSSR count). The van der Waals surface area contributed by atoms with Gasteiger partial charge < -0.3 is 10.5 Å². The third-order valence-electron chi connectivity index (χ3n) is 3.95. The lowest BCUT2D eigenvalue weighted by molar-refractivity contribution is 0.152. The number of piperidine rings is 1. The molecule has 0 bridgehead atoms. The lowest BCUT2D eigenvalue weighted by Gasteiger charge is -2.34. The average molecular weight is 262 g/mol. The summed E-state index contributed by atoms with van der Waals surface area (Å²) in [5, 5.41) is 0. The van der Waals surface area contributed by atoms with Gasteiger partial charge in [-0.2, -0.15) is 0 Å². The van der Waals surface area contributed by atoms with Crippen LogP contribution in [0.25, 0.3) is 0 Å². The van der Waals surface area contributed by atoms with Crippen molar-refractivity contribution in [2.75, 3.05) is 19.7 Å². The highest BCUT2D eigenvalue weighted by molar-refractivity contribution is 5.33. The molecule has 0 saturated carbocycles. The van der Waals surface area contributed by atoms with Crippen molar-refractivity contribution in [2.24, 2.45) is 11.7 Å². The number of benzene rings is 1. The predicted octanol–water partition coefficient (Wildman–Crippen LogP) is 2.64. The van der Waals surface area contributed by atoms with E-state index in [0.717, 1.165) is 25.4 Å². The van der Waals surface area contributed by atoms with E-state index in [1.54, 1.807) is 0 Å². The molecule has 1 aliphatic heterocycles. The Morgan fingerprint density at radius 1 is 1.42 bits per heavy atom. The summed E-state index contributed by atoms with van der Waals surface area (Å²) in [6.45, 7) is 8.13. The largest absolute Gasteiger partial charge is 0.494 e. The third-order valence-corrected chi connectivity index (χ3v) is 3.95. The molecule has 0 amide bonds. The third kappa shape index (κ3) is 3.95. The molecular weight excluding hydrogens is 236 g/mol. The first-order valence-corrected chi connectivity index (χ1v) is 7.39. The summed E-state index contributed by atoms with van der Waals surface area (Å²) >= 11 is 0. The number of nitrogens with zero attached hydrogens (tertiary/aromatic N) is 1. The Bertz CT molecular complexity index is 392. The van der Waals surface area contributed by atoms with E-state index in [2.05, 4.69) is 30.0 Å². The fourth-order valence-electron chi connectivity index (χ4n) is 2.84. The van der Waals surface area contributed by atoms with Crippen molar-refractivity contribution >= 4 is 0 Å². The van der Waals surface area contributed by atoms with Gasteiger partial charge in [0.2, 0.25) is 0 Å². The highest BCUT2D eigenvalue weighted by Crippen LogP contribution is 2.24. The van der Waals surface area contributed by atoms with Gasteiger partial charge in [-0.25, -0.2) is 0 Å². The topological polar surface area (TPSA) is 38.5 Å². The standard InChI is InChI=1S/C16H26N2O/c1-3-19-16-9-5-4-7-15(16)12-18-10-6-8-14(11-18)13(2)17/h4-5,7,9,13-14H,3,6,8,10-12,17H2,1-2H3. The normalized spacial score (nSPS) is 22.2. The van der Waals surface area contributed by atoms with Crippen LogP contribution in [0.1, 0.15) is 32.3 Å². The van der Waals surface area contributed by atoms with E-state index in [9.17, 15) is 0 Å². The molecule has 3 heteroatoms. The average Bonchev–Trinajstić information content (AvgIpc) is 2.41. The van der Waals surface area contributed by atoms with Gasteiger partial charge in [0.1, 0.15) is 5.75 Å².